The van der Waals surface area contributed by atoms with Gasteiger partial charge < -0.3 is 4.57 Å². The second-order valence-electron chi connectivity index (χ2n) is 2.58. The van der Waals surface area contributed by atoms with E-state index in [1.807, 2.05) is 6.07 Å². The van der Waals surface area contributed by atoms with Crippen molar-refractivity contribution in [2.75, 3.05) is 0 Å². The molecule has 0 saturated heterocycles. The van der Waals surface area contributed by atoms with Gasteiger partial charge >= 0.3 is 0 Å². The minimum atomic E-state index is -0.248. The zero-order chi connectivity index (χ0) is 9.26. The number of hydrogen-bond acceptors (Lipinski definition) is 1. The number of halogens is 2. The van der Waals surface area contributed by atoms with Gasteiger partial charge in [-0.05, 0) is 34.1 Å². The maximum Gasteiger partial charge on any atom is 0.125 e. The molecule has 0 fully saturated rings. The molecule has 2 aromatic rings. The molecule has 0 unspecified atom stereocenters. The van der Waals surface area contributed by atoms with Crippen molar-refractivity contribution in [2.24, 2.45) is 0 Å². The van der Waals surface area contributed by atoms with Gasteiger partial charge in [0.2, 0.25) is 0 Å². The van der Waals surface area contributed by atoms with Gasteiger partial charge in [0.05, 0.1) is 0 Å². The van der Waals surface area contributed by atoms with Crippen LogP contribution in [0.25, 0.3) is 5.69 Å². The third-order valence-electron chi connectivity index (χ3n) is 1.66. The number of imidazole rings is 1. The molecular weight excluding hydrogens is 235 g/mol. The molecule has 1 aromatic carbocycles. The van der Waals surface area contributed by atoms with Gasteiger partial charge in [0.15, 0.2) is 0 Å². The van der Waals surface area contributed by atoms with E-state index in [4.69, 9.17) is 0 Å². The third-order valence-corrected chi connectivity index (χ3v) is 2.07. The highest BCUT2D eigenvalue weighted by molar-refractivity contribution is 9.10. The van der Waals surface area contributed by atoms with Crippen LogP contribution in [0.15, 0.2) is 41.4 Å². The Morgan fingerprint density at radius 2 is 2.23 bits per heavy atom. The lowest BCUT2D eigenvalue weighted by Gasteiger charge is -2.00. The van der Waals surface area contributed by atoms with Gasteiger partial charge in [-0.2, -0.15) is 0 Å². The van der Waals surface area contributed by atoms with E-state index >= 15 is 0 Å². The molecule has 0 aliphatic heterocycles. The summed E-state index contributed by atoms with van der Waals surface area (Å²) < 4.78 is 15.3. The molecule has 0 aliphatic carbocycles. The highest BCUT2D eigenvalue weighted by atomic mass is 79.9. The van der Waals surface area contributed by atoms with Crippen LogP contribution in [0.5, 0.6) is 0 Å². The number of nitrogens with zero attached hydrogens (tertiary/aromatic N) is 2. The maximum atomic E-state index is 12.8. The van der Waals surface area contributed by atoms with Crippen molar-refractivity contribution < 1.29 is 4.39 Å². The van der Waals surface area contributed by atoms with Crippen LogP contribution in [0.2, 0.25) is 0 Å². The first-order valence-corrected chi connectivity index (χ1v) is 4.50. The number of aromatic nitrogens is 2. The van der Waals surface area contributed by atoms with Gasteiger partial charge in [0.1, 0.15) is 16.7 Å². The summed E-state index contributed by atoms with van der Waals surface area (Å²) in [5.41, 5.74) is 0.762. The van der Waals surface area contributed by atoms with Crippen molar-refractivity contribution in [2.45, 2.75) is 0 Å². The first-order chi connectivity index (χ1) is 6.25. The highest BCUT2D eigenvalue weighted by Gasteiger charge is 1.98. The summed E-state index contributed by atoms with van der Waals surface area (Å²) in [4.78, 5) is 3.98. The highest BCUT2D eigenvalue weighted by Crippen LogP contribution is 2.12. The van der Waals surface area contributed by atoms with Crippen LogP contribution in [-0.2, 0) is 0 Å². The Morgan fingerprint density at radius 3 is 2.85 bits per heavy atom. The summed E-state index contributed by atoms with van der Waals surface area (Å²) in [6.45, 7) is 0. The Balaban J connectivity index is 2.46. The van der Waals surface area contributed by atoms with Crippen LogP contribution < -0.4 is 0 Å². The first kappa shape index (κ1) is 8.44. The minimum Gasteiger partial charge on any atom is -0.305 e. The SMILES string of the molecule is Fc1cccc(-n2cnc(Br)c2)c1. The van der Waals surface area contributed by atoms with Crippen LogP contribution in [0.3, 0.4) is 0 Å². The molecule has 0 N–H and O–H groups in total. The van der Waals surface area contributed by atoms with Crippen LogP contribution in [0.4, 0.5) is 4.39 Å². The average Bonchev–Trinajstić information content (AvgIpc) is 2.52. The summed E-state index contributed by atoms with van der Waals surface area (Å²) in [7, 11) is 0. The van der Waals surface area contributed by atoms with Crippen LogP contribution >= 0.6 is 15.9 Å². The van der Waals surface area contributed by atoms with Crippen molar-refractivity contribution in [3.05, 3.63) is 47.2 Å². The van der Waals surface area contributed by atoms with Crippen molar-refractivity contribution >= 4 is 15.9 Å². The van der Waals surface area contributed by atoms with Crippen molar-refractivity contribution in [3.8, 4) is 5.69 Å². The molecule has 1 heterocycles. The lowest BCUT2D eigenvalue weighted by Crippen LogP contribution is -1.89. The van der Waals surface area contributed by atoms with Crippen molar-refractivity contribution in [1.82, 2.24) is 9.55 Å². The number of hydrogen-bond donors (Lipinski definition) is 0. The average molecular weight is 241 g/mol. The number of rotatable bonds is 1. The van der Waals surface area contributed by atoms with Gasteiger partial charge in [0.25, 0.3) is 0 Å². The van der Waals surface area contributed by atoms with Gasteiger partial charge in [-0.25, -0.2) is 9.37 Å². The zero-order valence-corrected chi connectivity index (χ0v) is 8.20. The largest absolute Gasteiger partial charge is 0.305 e. The predicted octanol–water partition coefficient (Wildman–Crippen LogP) is 2.77. The molecule has 2 nitrogen and oxygen atoms in total. The van der Waals surface area contributed by atoms with Crippen molar-refractivity contribution in [3.63, 3.8) is 0 Å². The fourth-order valence-corrected chi connectivity index (χ4v) is 1.39. The summed E-state index contributed by atoms with van der Waals surface area (Å²) >= 11 is 3.22. The Morgan fingerprint density at radius 1 is 1.38 bits per heavy atom. The molecule has 0 amide bonds. The summed E-state index contributed by atoms with van der Waals surface area (Å²) in [5, 5.41) is 0. The second-order valence-corrected chi connectivity index (χ2v) is 3.40. The van der Waals surface area contributed by atoms with E-state index in [2.05, 4.69) is 20.9 Å². The fraction of sp³-hybridized carbons (Fsp3) is 0. The zero-order valence-electron chi connectivity index (χ0n) is 6.61. The Labute approximate surface area is 83.2 Å². The lowest BCUT2D eigenvalue weighted by atomic mass is 10.3. The lowest BCUT2D eigenvalue weighted by molar-refractivity contribution is 0.626. The quantitative estimate of drug-likeness (QED) is 0.750. The molecular formula is C9H6BrFN2. The Bertz CT molecular complexity index is 425. The van der Waals surface area contributed by atoms with Gasteiger partial charge in [-0.15, -0.1) is 0 Å². The normalized spacial score (nSPS) is 10.3. The van der Waals surface area contributed by atoms with E-state index in [9.17, 15) is 4.39 Å². The monoisotopic (exact) mass is 240 g/mol. The maximum absolute atomic E-state index is 12.8. The van der Waals surface area contributed by atoms with E-state index in [-0.39, 0.29) is 5.82 Å². The van der Waals surface area contributed by atoms with Gasteiger partial charge in [-0.1, -0.05) is 6.07 Å². The molecule has 1 aromatic heterocycles. The first-order valence-electron chi connectivity index (χ1n) is 3.71. The fourth-order valence-electron chi connectivity index (χ4n) is 1.08. The van der Waals surface area contributed by atoms with E-state index < -0.39 is 0 Å². The van der Waals surface area contributed by atoms with E-state index in [1.165, 1.54) is 12.1 Å². The predicted molar refractivity (Wildman–Crippen MR) is 51.2 cm³/mol. The third kappa shape index (κ3) is 1.78. The van der Waals surface area contributed by atoms with E-state index in [1.54, 1.807) is 23.2 Å². The Hall–Kier alpha value is -1.16. The molecule has 0 spiro atoms. The van der Waals surface area contributed by atoms with E-state index in [0.29, 0.717) is 0 Å². The standard InChI is InChI=1S/C9H6BrFN2/c10-9-5-13(6-12-9)8-3-1-2-7(11)4-8/h1-6H. The van der Waals surface area contributed by atoms with Crippen LogP contribution in [0, 0.1) is 5.82 Å². The smallest absolute Gasteiger partial charge is 0.125 e. The molecule has 4 heteroatoms. The molecule has 2 rings (SSSR count). The van der Waals surface area contributed by atoms with Crippen LogP contribution in [0.1, 0.15) is 0 Å². The molecule has 0 bridgehead atoms. The molecule has 0 radical (unpaired) electrons. The van der Waals surface area contributed by atoms with Crippen molar-refractivity contribution in [1.29, 1.82) is 0 Å². The molecule has 0 saturated carbocycles. The minimum absolute atomic E-state index is 0.248. The topological polar surface area (TPSA) is 17.8 Å². The summed E-state index contributed by atoms with van der Waals surface area (Å²) in [6, 6.07) is 6.35. The van der Waals surface area contributed by atoms with E-state index in [0.717, 1.165) is 10.3 Å². The summed E-state index contributed by atoms with van der Waals surface area (Å²) in [6.07, 6.45) is 3.40. The summed E-state index contributed by atoms with van der Waals surface area (Å²) in [5.74, 6) is -0.248. The molecule has 0 atom stereocenters. The molecule has 13 heavy (non-hydrogen) atoms. The van der Waals surface area contributed by atoms with Gasteiger partial charge in [0, 0.05) is 11.9 Å². The van der Waals surface area contributed by atoms with Gasteiger partial charge in [-0.3, -0.25) is 0 Å². The number of benzene rings is 1. The Kier molecular flexibility index (Phi) is 2.14. The van der Waals surface area contributed by atoms with Crippen LogP contribution in [-0.4, -0.2) is 9.55 Å². The molecule has 66 valence electrons. The second kappa shape index (κ2) is 3.30. The molecule has 0 aliphatic rings.